The van der Waals surface area contributed by atoms with Gasteiger partial charge in [-0.15, -0.1) is 11.3 Å². The van der Waals surface area contributed by atoms with Crippen LogP contribution in [0.15, 0.2) is 15.9 Å². The van der Waals surface area contributed by atoms with Gasteiger partial charge in [0.15, 0.2) is 0 Å². The molecule has 0 aromatic carbocycles. The second kappa shape index (κ2) is 6.16. The summed E-state index contributed by atoms with van der Waals surface area (Å²) in [7, 11) is 0. The lowest BCUT2D eigenvalue weighted by atomic mass is 9.95. The Hall–Kier alpha value is -0.880. The number of nitrogens with one attached hydrogen (secondary N) is 1. The number of hydrogen-bond acceptors (Lipinski definition) is 3. The average molecular weight is 320 g/mol. The predicted molar refractivity (Wildman–Crippen MR) is 69.8 cm³/mol. The second-order valence-corrected chi connectivity index (χ2v) is 5.68. The van der Waals surface area contributed by atoms with Crippen LogP contribution in [0.25, 0.3) is 0 Å². The molecule has 0 radical (unpaired) electrons. The van der Waals surface area contributed by atoms with Crippen LogP contribution in [0.3, 0.4) is 0 Å². The standard InChI is InChI=1S/C11H14BrNO3S/c1-6(7(2)11(15)16)10(14)13-5-9-8(12)3-4-17-9/h3-4,6-7H,5H2,1-2H3,(H,13,14)(H,15,16). The molecular weight excluding hydrogens is 306 g/mol. The fraction of sp³-hybridized carbons (Fsp3) is 0.455. The smallest absolute Gasteiger partial charge is 0.307 e. The van der Waals surface area contributed by atoms with E-state index < -0.39 is 17.8 Å². The van der Waals surface area contributed by atoms with Crippen molar-refractivity contribution in [2.75, 3.05) is 0 Å². The van der Waals surface area contributed by atoms with E-state index in [9.17, 15) is 9.59 Å². The normalized spacial score (nSPS) is 14.1. The molecule has 0 aliphatic heterocycles. The minimum atomic E-state index is -0.954. The van der Waals surface area contributed by atoms with Crippen LogP contribution in [0, 0.1) is 11.8 Å². The Balaban J connectivity index is 2.50. The van der Waals surface area contributed by atoms with Crippen molar-refractivity contribution in [1.29, 1.82) is 0 Å². The van der Waals surface area contributed by atoms with Crippen molar-refractivity contribution in [3.63, 3.8) is 0 Å². The molecule has 2 atom stereocenters. The van der Waals surface area contributed by atoms with E-state index >= 15 is 0 Å². The number of carbonyl (C=O) groups excluding carboxylic acids is 1. The Bertz CT molecular complexity index is 419. The van der Waals surface area contributed by atoms with E-state index in [1.165, 1.54) is 6.92 Å². The van der Waals surface area contributed by atoms with Gasteiger partial charge < -0.3 is 10.4 Å². The molecule has 1 amide bonds. The van der Waals surface area contributed by atoms with Gasteiger partial charge in [0.25, 0.3) is 0 Å². The maximum Gasteiger partial charge on any atom is 0.307 e. The molecule has 0 aliphatic rings. The van der Waals surface area contributed by atoms with Crippen molar-refractivity contribution in [3.05, 3.63) is 20.8 Å². The van der Waals surface area contributed by atoms with Gasteiger partial charge in [0, 0.05) is 15.3 Å². The van der Waals surface area contributed by atoms with Crippen LogP contribution in [0.2, 0.25) is 0 Å². The highest BCUT2D eigenvalue weighted by molar-refractivity contribution is 9.10. The highest BCUT2D eigenvalue weighted by atomic mass is 79.9. The maximum atomic E-state index is 11.7. The van der Waals surface area contributed by atoms with Crippen molar-refractivity contribution >= 4 is 39.1 Å². The Labute approximate surface area is 112 Å². The number of amides is 1. The predicted octanol–water partition coefficient (Wildman–Crippen LogP) is 2.48. The number of carboxylic acid groups (broad SMARTS) is 1. The molecule has 2 N–H and O–H groups in total. The molecule has 1 heterocycles. The molecule has 4 nitrogen and oxygen atoms in total. The molecule has 1 aromatic heterocycles. The molecule has 1 rings (SSSR count). The van der Waals surface area contributed by atoms with Crippen molar-refractivity contribution in [1.82, 2.24) is 5.32 Å². The van der Waals surface area contributed by atoms with Crippen LogP contribution in [-0.2, 0) is 16.1 Å². The summed E-state index contributed by atoms with van der Waals surface area (Å²) in [6.07, 6.45) is 0. The first-order valence-corrected chi connectivity index (χ1v) is 6.83. The first kappa shape index (κ1) is 14.2. The van der Waals surface area contributed by atoms with E-state index in [1.807, 2.05) is 11.4 Å². The molecule has 0 saturated heterocycles. The number of aliphatic carboxylic acids is 1. The first-order valence-electron chi connectivity index (χ1n) is 5.16. The van der Waals surface area contributed by atoms with Gasteiger partial charge in [-0.1, -0.05) is 13.8 Å². The molecule has 0 bridgehead atoms. The number of thiophene rings is 1. The van der Waals surface area contributed by atoms with E-state index in [0.29, 0.717) is 6.54 Å². The van der Waals surface area contributed by atoms with Crippen molar-refractivity contribution in [2.45, 2.75) is 20.4 Å². The summed E-state index contributed by atoms with van der Waals surface area (Å²) in [5.74, 6) is -2.40. The fourth-order valence-electron chi connectivity index (χ4n) is 1.22. The van der Waals surface area contributed by atoms with Gasteiger partial charge in [-0.25, -0.2) is 0 Å². The molecule has 6 heteroatoms. The quantitative estimate of drug-likeness (QED) is 0.876. The van der Waals surface area contributed by atoms with Crippen LogP contribution in [-0.4, -0.2) is 17.0 Å². The highest BCUT2D eigenvalue weighted by Gasteiger charge is 2.25. The van der Waals surface area contributed by atoms with Gasteiger partial charge in [-0.05, 0) is 27.4 Å². The summed E-state index contributed by atoms with van der Waals surface area (Å²) in [6.45, 7) is 3.58. The molecule has 2 unspecified atom stereocenters. The van der Waals surface area contributed by atoms with E-state index in [2.05, 4.69) is 21.2 Å². The Morgan fingerprint density at radius 3 is 2.59 bits per heavy atom. The summed E-state index contributed by atoms with van der Waals surface area (Å²) < 4.78 is 0.960. The molecule has 1 aromatic rings. The summed E-state index contributed by atoms with van der Waals surface area (Å²) in [5, 5.41) is 13.5. The Kier molecular flexibility index (Phi) is 5.14. The zero-order valence-electron chi connectivity index (χ0n) is 9.57. The third-order valence-electron chi connectivity index (χ3n) is 2.67. The van der Waals surface area contributed by atoms with Crippen molar-refractivity contribution in [3.8, 4) is 0 Å². The lowest BCUT2D eigenvalue weighted by Gasteiger charge is -2.15. The first-order chi connectivity index (χ1) is 7.93. The molecule has 17 heavy (non-hydrogen) atoms. The monoisotopic (exact) mass is 319 g/mol. The number of rotatable bonds is 5. The second-order valence-electron chi connectivity index (χ2n) is 3.83. The van der Waals surface area contributed by atoms with Crippen LogP contribution in [0.4, 0.5) is 0 Å². The average Bonchev–Trinajstić information content (AvgIpc) is 2.69. The third-order valence-corrected chi connectivity index (χ3v) is 4.59. The van der Waals surface area contributed by atoms with Gasteiger partial charge in [0.2, 0.25) is 5.91 Å². The molecule has 0 aliphatic carbocycles. The van der Waals surface area contributed by atoms with Crippen LogP contribution in [0.5, 0.6) is 0 Å². The zero-order chi connectivity index (χ0) is 13.0. The maximum absolute atomic E-state index is 11.7. The molecule has 94 valence electrons. The fourth-order valence-corrected chi connectivity index (χ4v) is 2.65. The van der Waals surface area contributed by atoms with Gasteiger partial charge >= 0.3 is 5.97 Å². The molecular formula is C11H14BrNO3S. The number of carboxylic acids is 1. The SMILES string of the molecule is CC(C(=O)O)C(C)C(=O)NCc1sccc1Br. The molecule has 0 fully saturated rings. The summed E-state index contributed by atoms with van der Waals surface area (Å²) >= 11 is 4.91. The lowest BCUT2D eigenvalue weighted by Crippen LogP contribution is -2.34. The van der Waals surface area contributed by atoms with Crippen LogP contribution >= 0.6 is 27.3 Å². The van der Waals surface area contributed by atoms with Crippen molar-refractivity contribution in [2.24, 2.45) is 11.8 Å². The summed E-state index contributed by atoms with van der Waals surface area (Å²) in [5.41, 5.74) is 0. The summed E-state index contributed by atoms with van der Waals surface area (Å²) in [4.78, 5) is 23.5. The molecule has 0 spiro atoms. The number of halogens is 1. The minimum Gasteiger partial charge on any atom is -0.481 e. The lowest BCUT2D eigenvalue weighted by molar-refractivity contribution is -0.146. The zero-order valence-corrected chi connectivity index (χ0v) is 12.0. The topological polar surface area (TPSA) is 66.4 Å². The third kappa shape index (κ3) is 3.81. The molecule has 0 saturated carbocycles. The van der Waals surface area contributed by atoms with Gasteiger partial charge in [0.1, 0.15) is 0 Å². The largest absolute Gasteiger partial charge is 0.481 e. The van der Waals surface area contributed by atoms with E-state index in [-0.39, 0.29) is 5.91 Å². The van der Waals surface area contributed by atoms with E-state index in [0.717, 1.165) is 9.35 Å². The van der Waals surface area contributed by atoms with Gasteiger partial charge in [-0.3, -0.25) is 9.59 Å². The number of carbonyl (C=O) groups is 2. The number of hydrogen-bond donors (Lipinski definition) is 2. The van der Waals surface area contributed by atoms with Crippen molar-refractivity contribution < 1.29 is 14.7 Å². The Morgan fingerprint density at radius 2 is 2.12 bits per heavy atom. The van der Waals surface area contributed by atoms with Gasteiger partial charge in [-0.2, -0.15) is 0 Å². The van der Waals surface area contributed by atoms with Gasteiger partial charge in [0.05, 0.1) is 12.5 Å². The minimum absolute atomic E-state index is 0.236. The highest BCUT2D eigenvalue weighted by Crippen LogP contribution is 2.22. The Morgan fingerprint density at radius 1 is 1.47 bits per heavy atom. The van der Waals surface area contributed by atoms with E-state index in [1.54, 1.807) is 18.3 Å². The van der Waals surface area contributed by atoms with E-state index in [4.69, 9.17) is 5.11 Å². The summed E-state index contributed by atoms with van der Waals surface area (Å²) in [6, 6.07) is 1.91. The van der Waals surface area contributed by atoms with Crippen LogP contribution in [0.1, 0.15) is 18.7 Å². The van der Waals surface area contributed by atoms with Crippen LogP contribution < -0.4 is 5.32 Å².